The van der Waals surface area contributed by atoms with Crippen molar-refractivity contribution in [3.63, 3.8) is 0 Å². The number of fused-ring (bicyclic) bond motifs is 1. The van der Waals surface area contributed by atoms with Crippen molar-refractivity contribution in [3.05, 3.63) is 83.4 Å². The zero-order chi connectivity index (χ0) is 23.2. The molecule has 170 valence electrons. The molecule has 33 heavy (non-hydrogen) atoms. The quantitative estimate of drug-likeness (QED) is 0.328. The maximum absolute atomic E-state index is 13.3. The molecule has 0 N–H and O–H groups in total. The fourth-order valence-electron chi connectivity index (χ4n) is 3.53. The standard InChI is InChI=1S/C26H24ClNO5/c1-2-25(29)32-21-12-10-20(11-13-21)31-15-14-24-26(30)28(17-18-6-5-7-19(27)16-18)22-8-3-4-9-23(22)33-24/h3-13,16,24H,2,14-15,17H2,1H3. The number of nitrogens with zero attached hydrogens (tertiary/aromatic N) is 1. The van der Waals surface area contributed by atoms with Crippen molar-refractivity contribution in [3.8, 4) is 17.2 Å². The molecule has 0 saturated carbocycles. The summed E-state index contributed by atoms with van der Waals surface area (Å²) in [6, 6.07) is 21.8. The van der Waals surface area contributed by atoms with Gasteiger partial charge in [-0.15, -0.1) is 0 Å². The number of hydrogen-bond donors (Lipinski definition) is 0. The predicted molar refractivity (Wildman–Crippen MR) is 126 cm³/mol. The Balaban J connectivity index is 1.41. The molecule has 0 aliphatic carbocycles. The summed E-state index contributed by atoms with van der Waals surface area (Å²) in [5.74, 6) is 1.32. The Labute approximate surface area is 197 Å². The first kappa shape index (κ1) is 22.7. The highest BCUT2D eigenvalue weighted by Crippen LogP contribution is 2.35. The number of para-hydroxylation sites is 2. The zero-order valence-corrected chi connectivity index (χ0v) is 19.0. The number of rotatable bonds is 8. The molecule has 1 aliphatic rings. The van der Waals surface area contributed by atoms with Gasteiger partial charge in [-0.3, -0.25) is 9.59 Å². The molecule has 0 spiro atoms. The van der Waals surface area contributed by atoms with E-state index in [0.29, 0.717) is 41.7 Å². The van der Waals surface area contributed by atoms with E-state index < -0.39 is 6.10 Å². The van der Waals surface area contributed by atoms with Crippen LogP contribution in [0.15, 0.2) is 72.8 Å². The average Bonchev–Trinajstić information content (AvgIpc) is 2.82. The van der Waals surface area contributed by atoms with Gasteiger partial charge < -0.3 is 19.1 Å². The van der Waals surface area contributed by atoms with Gasteiger partial charge in [-0.05, 0) is 54.1 Å². The monoisotopic (exact) mass is 465 g/mol. The normalized spacial score (nSPS) is 14.9. The molecule has 1 atom stereocenters. The topological polar surface area (TPSA) is 65.1 Å². The minimum Gasteiger partial charge on any atom is -0.493 e. The Morgan fingerprint density at radius 3 is 2.55 bits per heavy atom. The molecule has 1 unspecified atom stereocenters. The number of carbonyl (C=O) groups is 2. The van der Waals surface area contributed by atoms with Crippen LogP contribution in [0.5, 0.6) is 17.2 Å². The van der Waals surface area contributed by atoms with Gasteiger partial charge >= 0.3 is 5.97 Å². The molecule has 0 fully saturated rings. The minimum atomic E-state index is -0.663. The van der Waals surface area contributed by atoms with Crippen LogP contribution in [0.2, 0.25) is 5.02 Å². The van der Waals surface area contributed by atoms with Crippen LogP contribution in [-0.4, -0.2) is 24.6 Å². The van der Waals surface area contributed by atoms with Crippen molar-refractivity contribution < 1.29 is 23.8 Å². The second-order valence-electron chi connectivity index (χ2n) is 7.56. The number of amides is 1. The highest BCUT2D eigenvalue weighted by Gasteiger charge is 2.34. The van der Waals surface area contributed by atoms with E-state index in [0.717, 1.165) is 11.3 Å². The molecule has 1 heterocycles. The summed E-state index contributed by atoms with van der Waals surface area (Å²) in [7, 11) is 0. The summed E-state index contributed by atoms with van der Waals surface area (Å²) in [5.41, 5.74) is 1.67. The molecule has 0 radical (unpaired) electrons. The molecule has 3 aromatic rings. The molecular weight excluding hydrogens is 442 g/mol. The van der Waals surface area contributed by atoms with Crippen LogP contribution in [0.25, 0.3) is 0 Å². The van der Waals surface area contributed by atoms with Gasteiger partial charge in [0.15, 0.2) is 6.10 Å². The summed E-state index contributed by atoms with van der Waals surface area (Å²) in [4.78, 5) is 26.4. The van der Waals surface area contributed by atoms with E-state index in [9.17, 15) is 9.59 Å². The lowest BCUT2D eigenvalue weighted by Crippen LogP contribution is -2.46. The smallest absolute Gasteiger partial charge is 0.310 e. The molecule has 3 aromatic carbocycles. The van der Waals surface area contributed by atoms with E-state index in [1.54, 1.807) is 42.2 Å². The maximum Gasteiger partial charge on any atom is 0.310 e. The van der Waals surface area contributed by atoms with Gasteiger partial charge in [0.25, 0.3) is 5.91 Å². The number of anilines is 1. The Hall–Kier alpha value is -3.51. The van der Waals surface area contributed by atoms with Gasteiger partial charge in [0.05, 0.1) is 18.8 Å². The number of esters is 1. The van der Waals surface area contributed by atoms with Crippen LogP contribution < -0.4 is 19.1 Å². The lowest BCUT2D eigenvalue weighted by atomic mass is 10.1. The van der Waals surface area contributed by atoms with E-state index >= 15 is 0 Å². The highest BCUT2D eigenvalue weighted by atomic mass is 35.5. The van der Waals surface area contributed by atoms with Crippen molar-refractivity contribution in [2.75, 3.05) is 11.5 Å². The first-order valence-electron chi connectivity index (χ1n) is 10.8. The van der Waals surface area contributed by atoms with E-state index in [1.165, 1.54) is 0 Å². The molecule has 7 heteroatoms. The Morgan fingerprint density at radius 1 is 1.03 bits per heavy atom. The van der Waals surface area contributed by atoms with Crippen LogP contribution in [0.1, 0.15) is 25.3 Å². The molecule has 1 amide bonds. The molecular formula is C26H24ClNO5. The van der Waals surface area contributed by atoms with Crippen molar-refractivity contribution in [2.24, 2.45) is 0 Å². The van der Waals surface area contributed by atoms with Gasteiger partial charge in [-0.25, -0.2) is 0 Å². The van der Waals surface area contributed by atoms with Gasteiger partial charge in [-0.2, -0.15) is 0 Å². The number of hydrogen-bond acceptors (Lipinski definition) is 5. The molecule has 0 bridgehead atoms. The first-order valence-corrected chi connectivity index (χ1v) is 11.2. The van der Waals surface area contributed by atoms with Crippen molar-refractivity contribution in [2.45, 2.75) is 32.4 Å². The lowest BCUT2D eigenvalue weighted by Gasteiger charge is -2.34. The third kappa shape index (κ3) is 5.65. The van der Waals surface area contributed by atoms with E-state index in [4.69, 9.17) is 25.8 Å². The summed E-state index contributed by atoms with van der Waals surface area (Å²) in [5, 5.41) is 0.627. The van der Waals surface area contributed by atoms with Crippen molar-refractivity contribution >= 4 is 29.2 Å². The lowest BCUT2D eigenvalue weighted by molar-refractivity contribution is -0.134. The van der Waals surface area contributed by atoms with E-state index in [2.05, 4.69) is 0 Å². The molecule has 0 saturated heterocycles. The minimum absolute atomic E-state index is 0.126. The Bertz CT molecular complexity index is 1130. The first-order chi connectivity index (χ1) is 16.0. The van der Waals surface area contributed by atoms with Crippen LogP contribution >= 0.6 is 11.6 Å². The van der Waals surface area contributed by atoms with E-state index in [-0.39, 0.29) is 18.5 Å². The SMILES string of the molecule is CCC(=O)Oc1ccc(OCCC2Oc3ccccc3N(Cc3cccc(Cl)c3)C2=O)cc1. The van der Waals surface area contributed by atoms with Gasteiger partial charge in [0.2, 0.25) is 0 Å². The zero-order valence-electron chi connectivity index (χ0n) is 18.2. The fourth-order valence-corrected chi connectivity index (χ4v) is 3.74. The number of ether oxygens (including phenoxy) is 3. The average molecular weight is 466 g/mol. The highest BCUT2D eigenvalue weighted by molar-refractivity contribution is 6.30. The van der Waals surface area contributed by atoms with E-state index in [1.807, 2.05) is 42.5 Å². The second kappa shape index (κ2) is 10.4. The van der Waals surface area contributed by atoms with Gasteiger partial charge in [0.1, 0.15) is 17.2 Å². The predicted octanol–water partition coefficient (Wildman–Crippen LogP) is 5.42. The van der Waals surface area contributed by atoms with Crippen LogP contribution in [0.3, 0.4) is 0 Å². The third-order valence-corrected chi connectivity index (χ3v) is 5.42. The summed E-state index contributed by atoms with van der Waals surface area (Å²) >= 11 is 6.13. The molecule has 0 aromatic heterocycles. The summed E-state index contributed by atoms with van der Waals surface area (Å²) < 4.78 is 16.9. The summed E-state index contributed by atoms with van der Waals surface area (Å²) in [6.07, 6.45) is 0.0283. The fraction of sp³-hybridized carbons (Fsp3) is 0.231. The molecule has 4 rings (SSSR count). The third-order valence-electron chi connectivity index (χ3n) is 5.19. The molecule has 6 nitrogen and oxygen atoms in total. The summed E-state index contributed by atoms with van der Waals surface area (Å²) in [6.45, 7) is 2.43. The number of halogens is 1. The van der Waals surface area contributed by atoms with Gasteiger partial charge in [0, 0.05) is 17.9 Å². The van der Waals surface area contributed by atoms with Crippen LogP contribution in [-0.2, 0) is 16.1 Å². The number of benzene rings is 3. The van der Waals surface area contributed by atoms with Crippen LogP contribution in [0.4, 0.5) is 5.69 Å². The largest absolute Gasteiger partial charge is 0.493 e. The maximum atomic E-state index is 13.3. The van der Waals surface area contributed by atoms with Crippen molar-refractivity contribution in [1.29, 1.82) is 0 Å². The second-order valence-corrected chi connectivity index (χ2v) is 8.00. The van der Waals surface area contributed by atoms with Crippen molar-refractivity contribution in [1.82, 2.24) is 0 Å². The van der Waals surface area contributed by atoms with Gasteiger partial charge in [-0.1, -0.05) is 42.8 Å². The number of carbonyl (C=O) groups excluding carboxylic acids is 2. The molecule has 1 aliphatic heterocycles. The Kier molecular flexibility index (Phi) is 7.15. The van der Waals surface area contributed by atoms with Crippen LogP contribution in [0, 0.1) is 0 Å². The Morgan fingerprint density at radius 2 is 1.79 bits per heavy atom.